The fraction of sp³-hybridized carbons (Fsp3) is 0.304. The second-order valence-corrected chi connectivity index (χ2v) is 8.04. The lowest BCUT2D eigenvalue weighted by Gasteiger charge is -2.29. The van der Waals surface area contributed by atoms with Gasteiger partial charge in [0.2, 0.25) is 0 Å². The van der Waals surface area contributed by atoms with Crippen molar-refractivity contribution in [1.82, 2.24) is 15.4 Å². The zero-order chi connectivity index (χ0) is 19.5. The number of nitrogens with zero attached hydrogens (tertiary/aromatic N) is 2. The minimum absolute atomic E-state index is 0. The zero-order valence-corrected chi connectivity index (χ0v) is 19.2. The van der Waals surface area contributed by atoms with E-state index in [2.05, 4.69) is 30.5 Å². The van der Waals surface area contributed by atoms with Crippen molar-refractivity contribution in [3.63, 3.8) is 0 Å². The highest BCUT2D eigenvalue weighted by molar-refractivity contribution is 6.30. The summed E-state index contributed by atoms with van der Waals surface area (Å²) in [7, 11) is 0. The lowest BCUT2D eigenvalue weighted by molar-refractivity contribution is 0.341. The lowest BCUT2D eigenvalue weighted by Crippen LogP contribution is -2.38. The Balaban J connectivity index is 0.00000160. The van der Waals surface area contributed by atoms with Crippen LogP contribution in [-0.2, 0) is 0 Å². The quantitative estimate of drug-likeness (QED) is 0.361. The van der Waals surface area contributed by atoms with Gasteiger partial charge in [0, 0.05) is 22.4 Å². The van der Waals surface area contributed by atoms with Gasteiger partial charge in [-0.3, -0.25) is 11.3 Å². The smallest absolute Gasteiger partial charge is 0.152 e. The number of aromatic nitrogens is 2. The van der Waals surface area contributed by atoms with Crippen LogP contribution in [-0.4, -0.2) is 16.0 Å². The number of nitrogens with one attached hydrogen (secondary N) is 1. The Kier molecular flexibility index (Phi) is 9.08. The van der Waals surface area contributed by atoms with Gasteiger partial charge in [-0.15, -0.1) is 24.8 Å². The predicted octanol–water partition coefficient (Wildman–Crippen LogP) is 6.10. The molecule has 0 radical (unpaired) electrons. The second-order valence-electron chi connectivity index (χ2n) is 7.60. The molecule has 1 saturated carbocycles. The molecule has 0 amide bonds. The van der Waals surface area contributed by atoms with E-state index in [1.54, 1.807) is 0 Å². The van der Waals surface area contributed by atoms with E-state index in [0.29, 0.717) is 12.0 Å². The number of halogens is 3. The first-order chi connectivity index (χ1) is 13.6. The van der Waals surface area contributed by atoms with Gasteiger partial charge in [-0.25, -0.2) is 9.97 Å². The standard InChI is InChI=1S/C23H25ClN4.2ClH/c1-15-5-11-21-20(13-15)23(17-3-2-4-19(14-17)28-25)27-22(26-21)12-8-16-6-9-18(24)10-7-16;;/h5-13,17,19,28H,2-4,14,25H2,1H3;2*1H/b12-8+;;. The molecule has 4 nitrogen and oxygen atoms in total. The highest BCUT2D eigenvalue weighted by Gasteiger charge is 2.25. The molecule has 2 atom stereocenters. The molecule has 3 aromatic rings. The number of hydrogen-bond acceptors (Lipinski definition) is 4. The number of nitrogens with two attached hydrogens (primary N) is 1. The summed E-state index contributed by atoms with van der Waals surface area (Å²) in [6.45, 7) is 2.11. The van der Waals surface area contributed by atoms with Crippen molar-refractivity contribution in [3.05, 3.63) is 70.1 Å². The van der Waals surface area contributed by atoms with Crippen LogP contribution in [0.4, 0.5) is 0 Å². The van der Waals surface area contributed by atoms with Crippen LogP contribution in [0.2, 0.25) is 5.02 Å². The van der Waals surface area contributed by atoms with Crippen LogP contribution in [0.15, 0.2) is 42.5 Å². The highest BCUT2D eigenvalue weighted by Crippen LogP contribution is 2.35. The molecule has 0 saturated heterocycles. The topological polar surface area (TPSA) is 63.8 Å². The minimum Gasteiger partial charge on any atom is -0.271 e. The van der Waals surface area contributed by atoms with E-state index in [-0.39, 0.29) is 24.8 Å². The summed E-state index contributed by atoms with van der Waals surface area (Å²) >= 11 is 5.97. The summed E-state index contributed by atoms with van der Waals surface area (Å²) in [5.74, 6) is 6.86. The first-order valence-corrected chi connectivity index (χ1v) is 10.2. The first-order valence-electron chi connectivity index (χ1n) is 9.80. The molecular formula is C23H27Cl3N4. The first kappa shape index (κ1) is 24.6. The molecule has 1 heterocycles. The van der Waals surface area contributed by atoms with Crippen LogP contribution in [0.1, 0.15) is 54.2 Å². The molecule has 0 spiro atoms. The molecule has 7 heteroatoms. The van der Waals surface area contributed by atoms with Crippen molar-refractivity contribution in [2.75, 3.05) is 0 Å². The molecule has 1 aromatic heterocycles. The number of fused-ring (bicyclic) bond motifs is 1. The molecule has 1 aliphatic rings. The average molecular weight is 466 g/mol. The lowest BCUT2D eigenvalue weighted by atomic mass is 9.82. The van der Waals surface area contributed by atoms with Gasteiger partial charge in [0.1, 0.15) is 0 Å². The fourth-order valence-corrected chi connectivity index (χ4v) is 4.13. The summed E-state index contributed by atoms with van der Waals surface area (Å²) < 4.78 is 0. The average Bonchev–Trinajstić information content (AvgIpc) is 2.73. The van der Waals surface area contributed by atoms with E-state index in [4.69, 9.17) is 27.4 Å². The van der Waals surface area contributed by atoms with Gasteiger partial charge in [0.15, 0.2) is 5.82 Å². The van der Waals surface area contributed by atoms with Crippen molar-refractivity contribution in [2.45, 2.75) is 44.6 Å². The number of aryl methyl sites for hydroxylation is 1. The maximum absolute atomic E-state index is 5.97. The van der Waals surface area contributed by atoms with Gasteiger partial charge in [0.25, 0.3) is 0 Å². The van der Waals surface area contributed by atoms with Crippen LogP contribution in [0.3, 0.4) is 0 Å². The Morgan fingerprint density at radius 1 is 1.03 bits per heavy atom. The number of benzene rings is 2. The van der Waals surface area contributed by atoms with E-state index in [1.165, 1.54) is 5.56 Å². The van der Waals surface area contributed by atoms with E-state index in [9.17, 15) is 0 Å². The molecule has 4 rings (SSSR count). The van der Waals surface area contributed by atoms with Crippen molar-refractivity contribution < 1.29 is 0 Å². The minimum atomic E-state index is 0. The van der Waals surface area contributed by atoms with E-state index in [1.807, 2.05) is 36.4 Å². The van der Waals surface area contributed by atoms with Gasteiger partial charge < -0.3 is 0 Å². The van der Waals surface area contributed by atoms with Crippen molar-refractivity contribution in [1.29, 1.82) is 0 Å². The third-order valence-electron chi connectivity index (χ3n) is 5.49. The van der Waals surface area contributed by atoms with Gasteiger partial charge in [-0.1, -0.05) is 47.9 Å². The molecular weight excluding hydrogens is 439 g/mol. The summed E-state index contributed by atoms with van der Waals surface area (Å²) in [4.78, 5) is 9.75. The molecule has 1 fully saturated rings. The summed E-state index contributed by atoms with van der Waals surface area (Å²) in [6.07, 6.45) is 8.44. The Hall–Kier alpha value is -1.69. The monoisotopic (exact) mass is 464 g/mol. The Bertz CT molecular complexity index is 1010. The fourth-order valence-electron chi connectivity index (χ4n) is 4.00. The van der Waals surface area contributed by atoms with Gasteiger partial charge in [-0.2, -0.15) is 0 Å². The third-order valence-corrected chi connectivity index (χ3v) is 5.74. The predicted molar refractivity (Wildman–Crippen MR) is 131 cm³/mol. The second kappa shape index (κ2) is 11.1. The van der Waals surface area contributed by atoms with E-state index >= 15 is 0 Å². The summed E-state index contributed by atoms with van der Waals surface area (Å²) in [5.41, 5.74) is 7.40. The Labute approximate surface area is 195 Å². The van der Waals surface area contributed by atoms with E-state index < -0.39 is 0 Å². The van der Waals surface area contributed by atoms with Crippen LogP contribution < -0.4 is 11.3 Å². The van der Waals surface area contributed by atoms with Gasteiger partial charge in [-0.05, 0) is 62.1 Å². The van der Waals surface area contributed by atoms with Crippen molar-refractivity contribution in [3.8, 4) is 0 Å². The summed E-state index contributed by atoms with van der Waals surface area (Å²) in [6, 6.07) is 14.5. The molecule has 3 N–H and O–H groups in total. The molecule has 30 heavy (non-hydrogen) atoms. The van der Waals surface area contributed by atoms with Crippen LogP contribution >= 0.6 is 36.4 Å². The zero-order valence-electron chi connectivity index (χ0n) is 16.8. The Morgan fingerprint density at radius 2 is 1.80 bits per heavy atom. The molecule has 160 valence electrons. The third kappa shape index (κ3) is 5.71. The maximum atomic E-state index is 5.97. The van der Waals surface area contributed by atoms with E-state index in [0.717, 1.165) is 58.7 Å². The largest absolute Gasteiger partial charge is 0.271 e. The molecule has 2 aromatic carbocycles. The van der Waals surface area contributed by atoms with Crippen LogP contribution in [0, 0.1) is 6.92 Å². The normalized spacial score (nSPS) is 18.8. The number of hydrazine groups is 1. The molecule has 2 unspecified atom stereocenters. The SMILES string of the molecule is Cc1ccc2nc(/C=C/c3ccc(Cl)cc3)nc(C3CCCC(NN)C3)c2c1.Cl.Cl. The molecule has 0 aliphatic heterocycles. The Morgan fingerprint density at radius 3 is 2.53 bits per heavy atom. The van der Waals surface area contributed by atoms with Crippen molar-refractivity contribution >= 4 is 59.5 Å². The number of rotatable bonds is 4. The summed E-state index contributed by atoms with van der Waals surface area (Å²) in [5, 5.41) is 1.89. The maximum Gasteiger partial charge on any atom is 0.152 e. The molecule has 0 bridgehead atoms. The van der Waals surface area contributed by atoms with Gasteiger partial charge in [0.05, 0.1) is 11.2 Å². The van der Waals surface area contributed by atoms with Gasteiger partial charge >= 0.3 is 0 Å². The number of hydrogen-bond donors (Lipinski definition) is 2. The molecule has 1 aliphatic carbocycles. The van der Waals surface area contributed by atoms with Crippen molar-refractivity contribution in [2.24, 2.45) is 5.84 Å². The van der Waals surface area contributed by atoms with Crippen LogP contribution in [0.25, 0.3) is 23.1 Å². The highest BCUT2D eigenvalue weighted by atomic mass is 35.5. The van der Waals surface area contributed by atoms with Crippen LogP contribution in [0.5, 0.6) is 0 Å².